The molecule has 0 saturated carbocycles. The Kier molecular flexibility index (Phi) is 9.16. The lowest BCUT2D eigenvalue weighted by molar-refractivity contribution is -0.119. The van der Waals surface area contributed by atoms with Crippen molar-refractivity contribution >= 4 is 28.3 Å². The molecule has 2 atom stereocenters. The van der Waals surface area contributed by atoms with Crippen LogP contribution in [-0.4, -0.2) is 34.7 Å². The summed E-state index contributed by atoms with van der Waals surface area (Å²) in [7, 11) is 0. The van der Waals surface area contributed by atoms with Crippen molar-refractivity contribution in [3.8, 4) is 16.3 Å². The number of carbonyl (C=O) groups is 2. The van der Waals surface area contributed by atoms with Crippen molar-refractivity contribution in [1.82, 2.24) is 15.5 Å². The molecule has 2 amide bonds. The van der Waals surface area contributed by atoms with Gasteiger partial charge < -0.3 is 10.1 Å². The molecular weight excluding hydrogens is 448 g/mol. The number of nitrogens with one attached hydrogen (secondary N) is 2. The Balaban J connectivity index is 1.65. The maximum atomic E-state index is 13.1. The molecule has 0 radical (unpaired) electrons. The van der Waals surface area contributed by atoms with Crippen LogP contribution in [0.4, 0.5) is 5.13 Å². The fourth-order valence-electron chi connectivity index (χ4n) is 3.23. The Morgan fingerprint density at radius 3 is 2.38 bits per heavy atom. The highest BCUT2D eigenvalue weighted by Gasteiger charge is 2.27. The predicted molar refractivity (Wildman–Crippen MR) is 136 cm³/mol. The molecule has 8 heteroatoms. The maximum Gasteiger partial charge on any atom is 0.251 e. The van der Waals surface area contributed by atoms with Gasteiger partial charge in [-0.15, -0.1) is 10.2 Å². The van der Waals surface area contributed by atoms with Gasteiger partial charge in [0.05, 0.1) is 6.61 Å². The molecule has 0 aliphatic heterocycles. The zero-order valence-electron chi connectivity index (χ0n) is 20.1. The van der Waals surface area contributed by atoms with E-state index in [0.717, 1.165) is 41.1 Å². The van der Waals surface area contributed by atoms with Crippen molar-refractivity contribution in [3.05, 3.63) is 59.7 Å². The third-order valence-electron chi connectivity index (χ3n) is 5.62. The third-order valence-corrected chi connectivity index (χ3v) is 6.51. The summed E-state index contributed by atoms with van der Waals surface area (Å²) in [5, 5.41) is 15.1. The van der Waals surface area contributed by atoms with Crippen molar-refractivity contribution in [2.24, 2.45) is 5.92 Å². The lowest BCUT2D eigenvalue weighted by Gasteiger charge is -2.23. The number of hydrogen-bond acceptors (Lipinski definition) is 6. The van der Waals surface area contributed by atoms with Gasteiger partial charge in [-0.3, -0.25) is 14.9 Å². The molecular formula is C26H32N4O3S. The average Bonchev–Trinajstić information content (AvgIpc) is 3.31. The number of aromatic nitrogens is 2. The van der Waals surface area contributed by atoms with Crippen LogP contribution in [0.2, 0.25) is 0 Å². The first kappa shape index (κ1) is 25.4. The molecule has 2 N–H and O–H groups in total. The van der Waals surface area contributed by atoms with Gasteiger partial charge in [-0.1, -0.05) is 74.8 Å². The number of nitrogens with zero attached hydrogens (tertiary/aromatic N) is 2. The number of benzene rings is 2. The summed E-state index contributed by atoms with van der Waals surface area (Å²) in [4.78, 5) is 25.9. The molecule has 0 unspecified atom stereocenters. The van der Waals surface area contributed by atoms with Crippen LogP contribution in [0.15, 0.2) is 48.5 Å². The molecule has 0 saturated heterocycles. The van der Waals surface area contributed by atoms with E-state index in [1.165, 1.54) is 11.3 Å². The molecule has 2 aromatic carbocycles. The van der Waals surface area contributed by atoms with Gasteiger partial charge in [0.1, 0.15) is 16.8 Å². The lowest BCUT2D eigenvalue weighted by atomic mass is 9.98. The highest BCUT2D eigenvalue weighted by molar-refractivity contribution is 7.18. The second-order valence-corrected chi connectivity index (χ2v) is 9.31. The first-order valence-corrected chi connectivity index (χ1v) is 12.5. The zero-order valence-corrected chi connectivity index (χ0v) is 20.9. The van der Waals surface area contributed by atoms with Crippen LogP contribution in [0.1, 0.15) is 56.0 Å². The summed E-state index contributed by atoms with van der Waals surface area (Å²) in [5.41, 5.74) is 2.58. The Morgan fingerprint density at radius 2 is 1.74 bits per heavy atom. The van der Waals surface area contributed by atoms with E-state index in [4.69, 9.17) is 4.74 Å². The second kappa shape index (κ2) is 12.3. The number of ether oxygens (including phenoxy) is 1. The first-order chi connectivity index (χ1) is 16.4. The van der Waals surface area contributed by atoms with Gasteiger partial charge in [-0.25, -0.2) is 0 Å². The van der Waals surface area contributed by atoms with Crippen molar-refractivity contribution in [2.75, 3.05) is 11.9 Å². The molecule has 3 aromatic rings. The van der Waals surface area contributed by atoms with Gasteiger partial charge in [0.25, 0.3) is 5.91 Å². The van der Waals surface area contributed by atoms with Crippen LogP contribution in [0.5, 0.6) is 5.75 Å². The summed E-state index contributed by atoms with van der Waals surface area (Å²) < 4.78 is 5.65. The average molecular weight is 481 g/mol. The maximum absolute atomic E-state index is 13.1. The van der Waals surface area contributed by atoms with Gasteiger partial charge in [0, 0.05) is 11.1 Å². The van der Waals surface area contributed by atoms with Crippen LogP contribution in [0, 0.1) is 12.8 Å². The molecule has 3 rings (SSSR count). The van der Waals surface area contributed by atoms with E-state index >= 15 is 0 Å². The van der Waals surface area contributed by atoms with E-state index in [1.54, 1.807) is 24.3 Å². The van der Waals surface area contributed by atoms with E-state index < -0.39 is 6.04 Å². The second-order valence-electron chi connectivity index (χ2n) is 8.33. The standard InChI is InChI=1S/C26H32N4O3S/c1-5-7-16-33-21-14-12-19(13-15-21)23(31)27-22(18(4)6-2)24(32)28-26-30-29-25(34-26)20-10-8-17(3)9-11-20/h8-15,18,22H,5-7,16H2,1-4H3,(H,27,31)(H,28,30,32)/t18-,22+/m0/s1. The first-order valence-electron chi connectivity index (χ1n) is 11.7. The SMILES string of the molecule is CCCCOc1ccc(C(=O)N[C@@H](C(=O)Nc2nnc(-c3ccc(C)cc3)s2)[C@@H](C)CC)cc1. The molecule has 1 heterocycles. The smallest absolute Gasteiger partial charge is 0.251 e. The van der Waals surface area contributed by atoms with Gasteiger partial charge >= 0.3 is 0 Å². The van der Waals surface area contributed by atoms with E-state index in [0.29, 0.717) is 17.3 Å². The van der Waals surface area contributed by atoms with Crippen molar-refractivity contribution in [1.29, 1.82) is 0 Å². The summed E-state index contributed by atoms with van der Waals surface area (Å²) in [6.45, 7) is 8.70. The molecule has 0 spiro atoms. The summed E-state index contributed by atoms with van der Waals surface area (Å²) in [6.07, 6.45) is 2.77. The minimum absolute atomic E-state index is 0.0647. The minimum atomic E-state index is -0.704. The number of rotatable bonds is 11. The number of amides is 2. The summed E-state index contributed by atoms with van der Waals surface area (Å²) in [5.74, 6) is 0.0407. The number of carbonyl (C=O) groups excluding carboxylic acids is 2. The third kappa shape index (κ3) is 6.87. The van der Waals surface area contributed by atoms with Gasteiger partial charge in [0.15, 0.2) is 0 Å². The topological polar surface area (TPSA) is 93.2 Å². The van der Waals surface area contributed by atoms with Crippen LogP contribution >= 0.6 is 11.3 Å². The van der Waals surface area contributed by atoms with E-state index in [-0.39, 0.29) is 17.7 Å². The van der Waals surface area contributed by atoms with Crippen LogP contribution in [0.25, 0.3) is 10.6 Å². The van der Waals surface area contributed by atoms with Gasteiger partial charge in [-0.05, 0) is 43.5 Å². The Bertz CT molecular complexity index is 1080. The number of aryl methyl sites for hydroxylation is 1. The quantitative estimate of drug-likeness (QED) is 0.355. The Morgan fingerprint density at radius 1 is 1.03 bits per heavy atom. The van der Waals surface area contributed by atoms with Crippen LogP contribution in [0.3, 0.4) is 0 Å². The molecule has 1 aromatic heterocycles. The molecule has 0 aliphatic rings. The van der Waals surface area contributed by atoms with Gasteiger partial charge in [-0.2, -0.15) is 0 Å². The number of anilines is 1. The van der Waals surface area contributed by atoms with Gasteiger partial charge in [0.2, 0.25) is 11.0 Å². The lowest BCUT2D eigenvalue weighted by Crippen LogP contribution is -2.47. The van der Waals surface area contributed by atoms with Crippen molar-refractivity contribution in [3.63, 3.8) is 0 Å². The minimum Gasteiger partial charge on any atom is -0.494 e. The molecule has 34 heavy (non-hydrogen) atoms. The Labute approximate surface area is 205 Å². The molecule has 0 aliphatic carbocycles. The molecule has 180 valence electrons. The molecule has 0 fully saturated rings. The fraction of sp³-hybridized carbons (Fsp3) is 0.385. The predicted octanol–water partition coefficient (Wildman–Crippen LogP) is 5.48. The van der Waals surface area contributed by atoms with Crippen molar-refractivity contribution in [2.45, 2.75) is 53.0 Å². The summed E-state index contributed by atoms with van der Waals surface area (Å²) >= 11 is 1.30. The summed E-state index contributed by atoms with van der Waals surface area (Å²) in [6, 6.07) is 14.2. The normalized spacial score (nSPS) is 12.6. The number of hydrogen-bond donors (Lipinski definition) is 2. The van der Waals surface area contributed by atoms with Crippen LogP contribution in [-0.2, 0) is 4.79 Å². The van der Waals surface area contributed by atoms with Crippen LogP contribution < -0.4 is 15.4 Å². The number of unbranched alkanes of at least 4 members (excludes halogenated alkanes) is 1. The Hall–Kier alpha value is -3.26. The largest absolute Gasteiger partial charge is 0.494 e. The highest BCUT2D eigenvalue weighted by atomic mass is 32.1. The van der Waals surface area contributed by atoms with E-state index in [2.05, 4.69) is 27.8 Å². The zero-order chi connectivity index (χ0) is 24.5. The monoisotopic (exact) mass is 480 g/mol. The fourth-order valence-corrected chi connectivity index (χ4v) is 3.99. The van der Waals surface area contributed by atoms with E-state index in [9.17, 15) is 9.59 Å². The van der Waals surface area contributed by atoms with E-state index in [1.807, 2.05) is 45.0 Å². The highest BCUT2D eigenvalue weighted by Crippen LogP contribution is 2.27. The molecule has 0 bridgehead atoms. The molecule has 7 nitrogen and oxygen atoms in total. The van der Waals surface area contributed by atoms with Crippen molar-refractivity contribution < 1.29 is 14.3 Å².